The fraction of sp³-hybridized carbons (Fsp3) is 0. The van der Waals surface area contributed by atoms with Crippen LogP contribution in [0.5, 0.6) is 0 Å². The fourth-order valence-electron chi connectivity index (χ4n) is 2.75. The number of carbonyl (C=O) groups is 1. The summed E-state index contributed by atoms with van der Waals surface area (Å²) in [5, 5.41) is 17.3. The summed E-state index contributed by atoms with van der Waals surface area (Å²) in [6, 6.07) is 23.4. The molecular weight excluding hydrogens is 400 g/mol. The number of amidine groups is 1. The summed E-state index contributed by atoms with van der Waals surface area (Å²) >= 11 is 1.23. The Hall–Kier alpha value is -3.91. The summed E-state index contributed by atoms with van der Waals surface area (Å²) in [7, 11) is 0. The topological polar surface area (TPSA) is 96.6 Å². The zero-order valence-corrected chi connectivity index (χ0v) is 16.4. The highest BCUT2D eigenvalue weighted by atomic mass is 32.2. The van der Waals surface area contributed by atoms with Crippen molar-refractivity contribution in [3.63, 3.8) is 0 Å². The zero-order valence-electron chi connectivity index (χ0n) is 15.6. The largest absolute Gasteiger partial charge is 0.356 e. The minimum Gasteiger partial charge on any atom is -0.356 e. The second-order valence-electron chi connectivity index (χ2n) is 6.37. The van der Waals surface area contributed by atoms with Gasteiger partial charge in [0.05, 0.1) is 15.5 Å². The number of thioether (sulfide) groups is 1. The van der Waals surface area contributed by atoms with Gasteiger partial charge in [-0.3, -0.25) is 14.9 Å². The number of anilines is 2. The number of aliphatic imine (C=N–C) groups is 1. The molecule has 3 aromatic rings. The van der Waals surface area contributed by atoms with E-state index < -0.39 is 4.92 Å². The molecule has 30 heavy (non-hydrogen) atoms. The van der Waals surface area contributed by atoms with Crippen LogP contribution in [0.3, 0.4) is 0 Å². The maximum atomic E-state index is 12.2. The lowest BCUT2D eigenvalue weighted by Crippen LogP contribution is -2.19. The van der Waals surface area contributed by atoms with Gasteiger partial charge in [0.25, 0.3) is 11.6 Å². The van der Waals surface area contributed by atoms with Gasteiger partial charge in [-0.1, -0.05) is 18.2 Å². The predicted molar refractivity (Wildman–Crippen MR) is 120 cm³/mol. The lowest BCUT2D eigenvalue weighted by molar-refractivity contribution is -0.384. The number of carbonyl (C=O) groups excluding carboxylic acids is 1. The van der Waals surface area contributed by atoms with Crippen molar-refractivity contribution < 1.29 is 9.72 Å². The lowest BCUT2D eigenvalue weighted by Gasteiger charge is -2.06. The van der Waals surface area contributed by atoms with Crippen molar-refractivity contribution in [2.24, 2.45) is 4.99 Å². The molecule has 1 fully saturated rings. The van der Waals surface area contributed by atoms with E-state index >= 15 is 0 Å². The predicted octanol–water partition coefficient (Wildman–Crippen LogP) is 5.23. The van der Waals surface area contributed by atoms with E-state index in [0.717, 1.165) is 11.4 Å². The summed E-state index contributed by atoms with van der Waals surface area (Å²) in [5.74, 6) is -0.250. The number of nitrogens with zero attached hydrogens (tertiary/aromatic N) is 2. The van der Waals surface area contributed by atoms with Crippen LogP contribution in [0.1, 0.15) is 5.56 Å². The van der Waals surface area contributed by atoms with Crippen LogP contribution in [0.4, 0.5) is 22.7 Å². The van der Waals surface area contributed by atoms with Gasteiger partial charge in [0.2, 0.25) is 0 Å². The quantitative estimate of drug-likeness (QED) is 0.337. The molecule has 0 atom stereocenters. The second kappa shape index (κ2) is 8.62. The molecule has 7 nitrogen and oxygen atoms in total. The molecule has 2 N–H and O–H groups in total. The molecule has 1 aliphatic rings. The smallest absolute Gasteiger partial charge is 0.269 e. The van der Waals surface area contributed by atoms with Gasteiger partial charge in [0.15, 0.2) is 5.17 Å². The van der Waals surface area contributed by atoms with E-state index in [1.165, 1.54) is 23.9 Å². The second-order valence-corrected chi connectivity index (χ2v) is 7.40. The van der Waals surface area contributed by atoms with Crippen LogP contribution in [0.15, 0.2) is 88.8 Å². The van der Waals surface area contributed by atoms with Crippen molar-refractivity contribution in [1.29, 1.82) is 0 Å². The highest BCUT2D eigenvalue weighted by molar-refractivity contribution is 8.18. The van der Waals surface area contributed by atoms with Gasteiger partial charge in [-0.2, -0.15) is 0 Å². The van der Waals surface area contributed by atoms with Crippen LogP contribution in [0, 0.1) is 10.1 Å². The number of non-ortho nitro benzene ring substituents is 1. The van der Waals surface area contributed by atoms with Crippen LogP contribution in [-0.2, 0) is 4.79 Å². The summed E-state index contributed by atoms with van der Waals surface area (Å²) in [5.41, 5.74) is 3.36. The number of nitrogens with one attached hydrogen (secondary N) is 2. The summed E-state index contributed by atoms with van der Waals surface area (Å²) in [4.78, 5) is 27.4. The summed E-state index contributed by atoms with van der Waals surface area (Å²) < 4.78 is 0. The van der Waals surface area contributed by atoms with Gasteiger partial charge in [-0.15, -0.1) is 0 Å². The van der Waals surface area contributed by atoms with Crippen molar-refractivity contribution in [2.45, 2.75) is 0 Å². The SMILES string of the molecule is O=C1NC(=Nc2ccc(Nc3ccccc3)cc2)S/C1=C\c1ccc([N+](=O)[O-])cc1. The number of para-hydroxylation sites is 1. The molecule has 1 heterocycles. The molecule has 3 aromatic carbocycles. The molecule has 0 aromatic heterocycles. The number of nitro groups is 1. The van der Waals surface area contributed by atoms with E-state index in [9.17, 15) is 14.9 Å². The molecule has 0 saturated carbocycles. The normalized spacial score (nSPS) is 15.9. The first-order chi connectivity index (χ1) is 14.6. The van der Waals surface area contributed by atoms with Crippen LogP contribution < -0.4 is 10.6 Å². The van der Waals surface area contributed by atoms with Gasteiger partial charge in [0.1, 0.15) is 0 Å². The van der Waals surface area contributed by atoms with E-state index in [-0.39, 0.29) is 11.6 Å². The average Bonchev–Trinajstić information content (AvgIpc) is 3.09. The molecule has 8 heteroatoms. The van der Waals surface area contributed by atoms with Crippen molar-refractivity contribution in [3.05, 3.63) is 99.4 Å². The van der Waals surface area contributed by atoms with Crippen molar-refractivity contribution in [2.75, 3.05) is 5.32 Å². The Balaban J connectivity index is 1.44. The van der Waals surface area contributed by atoms with Crippen LogP contribution in [0.25, 0.3) is 6.08 Å². The Morgan fingerprint density at radius 2 is 1.60 bits per heavy atom. The van der Waals surface area contributed by atoms with Crippen LogP contribution >= 0.6 is 11.8 Å². The third-order valence-corrected chi connectivity index (χ3v) is 5.12. The third-order valence-electron chi connectivity index (χ3n) is 4.21. The van der Waals surface area contributed by atoms with E-state index in [1.807, 2.05) is 54.6 Å². The zero-order chi connectivity index (χ0) is 20.9. The van der Waals surface area contributed by atoms with E-state index in [4.69, 9.17) is 0 Å². The molecule has 0 radical (unpaired) electrons. The summed E-state index contributed by atoms with van der Waals surface area (Å²) in [6.45, 7) is 0. The summed E-state index contributed by atoms with van der Waals surface area (Å²) in [6.07, 6.45) is 1.68. The highest BCUT2D eigenvalue weighted by Gasteiger charge is 2.23. The first kappa shape index (κ1) is 19.4. The molecule has 0 spiro atoms. The molecule has 148 valence electrons. The third kappa shape index (κ3) is 4.73. The molecule has 0 aliphatic carbocycles. The number of benzene rings is 3. The minimum absolute atomic E-state index is 0.00753. The Bertz CT molecular complexity index is 1140. The molecular formula is C22H16N4O3S. The van der Waals surface area contributed by atoms with Gasteiger partial charge in [-0.25, -0.2) is 4.99 Å². The van der Waals surface area contributed by atoms with E-state index in [0.29, 0.717) is 21.3 Å². The lowest BCUT2D eigenvalue weighted by atomic mass is 10.2. The number of rotatable bonds is 5. The monoisotopic (exact) mass is 416 g/mol. The molecule has 1 aliphatic heterocycles. The average molecular weight is 416 g/mol. The Labute approximate surface area is 176 Å². The van der Waals surface area contributed by atoms with E-state index in [1.54, 1.807) is 18.2 Å². The van der Waals surface area contributed by atoms with Gasteiger partial charge in [-0.05, 0) is 71.9 Å². The maximum absolute atomic E-state index is 12.2. The molecule has 0 unspecified atom stereocenters. The number of nitro benzene ring substituents is 1. The molecule has 1 saturated heterocycles. The van der Waals surface area contributed by atoms with Gasteiger partial charge in [0, 0.05) is 23.5 Å². The van der Waals surface area contributed by atoms with Crippen molar-refractivity contribution >= 4 is 51.7 Å². The Morgan fingerprint density at radius 1 is 0.933 bits per heavy atom. The Kier molecular flexibility index (Phi) is 5.58. The molecule has 1 amide bonds. The van der Waals surface area contributed by atoms with Crippen LogP contribution in [-0.4, -0.2) is 16.0 Å². The Morgan fingerprint density at radius 3 is 2.27 bits per heavy atom. The molecule has 0 bridgehead atoms. The molecule has 4 rings (SSSR count). The number of amides is 1. The fourth-order valence-corrected chi connectivity index (χ4v) is 3.59. The maximum Gasteiger partial charge on any atom is 0.269 e. The van der Waals surface area contributed by atoms with Crippen LogP contribution in [0.2, 0.25) is 0 Å². The highest BCUT2D eigenvalue weighted by Crippen LogP contribution is 2.29. The van der Waals surface area contributed by atoms with Gasteiger partial charge >= 0.3 is 0 Å². The first-order valence-corrected chi connectivity index (χ1v) is 9.85. The van der Waals surface area contributed by atoms with Crippen molar-refractivity contribution in [1.82, 2.24) is 5.32 Å². The first-order valence-electron chi connectivity index (χ1n) is 9.03. The number of hydrogen-bond acceptors (Lipinski definition) is 6. The van der Waals surface area contributed by atoms with Crippen molar-refractivity contribution in [3.8, 4) is 0 Å². The minimum atomic E-state index is -0.459. The number of hydrogen-bond donors (Lipinski definition) is 2. The standard InChI is InChI=1S/C22H16N4O3S/c27-21-20(14-15-6-12-19(13-7-15)26(28)29)30-22(25-21)24-18-10-8-17(9-11-18)23-16-4-2-1-3-5-16/h1-14,23H,(H,24,25,27)/b20-14-. The van der Waals surface area contributed by atoms with E-state index in [2.05, 4.69) is 15.6 Å². The van der Waals surface area contributed by atoms with Gasteiger partial charge < -0.3 is 10.6 Å².